The Morgan fingerprint density at radius 1 is 1.04 bits per heavy atom. The average molecular weight is 324 g/mol. The van der Waals surface area contributed by atoms with E-state index in [1.54, 1.807) is 0 Å². The molecule has 0 saturated heterocycles. The van der Waals surface area contributed by atoms with Gasteiger partial charge in [0.05, 0.1) is 0 Å². The molecule has 1 aliphatic rings. The molecular weight excluding hydrogens is 296 g/mol. The Kier molecular flexibility index (Phi) is 5.68. The normalized spacial score (nSPS) is 15.8. The van der Waals surface area contributed by atoms with Crippen molar-refractivity contribution in [1.82, 2.24) is 9.97 Å². The van der Waals surface area contributed by atoms with Crippen LogP contribution in [-0.4, -0.2) is 22.6 Å². The fourth-order valence-corrected chi connectivity index (χ4v) is 3.43. The molecule has 0 radical (unpaired) electrons. The van der Waals surface area contributed by atoms with Crippen LogP contribution in [0.4, 0.5) is 17.5 Å². The molecule has 3 rings (SSSR count). The molecule has 1 aliphatic carbocycles. The highest BCUT2D eigenvalue weighted by atomic mass is 15.3. The lowest BCUT2D eigenvalue weighted by Gasteiger charge is -2.23. The van der Waals surface area contributed by atoms with Crippen LogP contribution in [0.5, 0.6) is 0 Å². The van der Waals surface area contributed by atoms with Crippen molar-refractivity contribution in [1.29, 1.82) is 0 Å². The number of nitrogens with zero attached hydrogens (tertiary/aromatic N) is 3. The monoisotopic (exact) mass is 324 g/mol. The minimum atomic E-state index is 0.543. The number of aromatic nitrogens is 2. The highest BCUT2D eigenvalue weighted by Gasteiger charge is 2.15. The zero-order valence-electron chi connectivity index (χ0n) is 14.8. The largest absolute Gasteiger partial charge is 0.367 e. The molecule has 24 heavy (non-hydrogen) atoms. The SMILES string of the molecule is CCN(c1ccccc1)c1nc(C)cc(NC2CCCCCC2)n1. The van der Waals surface area contributed by atoms with Gasteiger partial charge >= 0.3 is 0 Å². The molecule has 1 aromatic heterocycles. The van der Waals surface area contributed by atoms with E-state index in [-0.39, 0.29) is 0 Å². The maximum atomic E-state index is 4.81. The molecule has 1 heterocycles. The van der Waals surface area contributed by atoms with Crippen LogP contribution in [0.25, 0.3) is 0 Å². The molecule has 4 heteroatoms. The molecule has 1 saturated carbocycles. The van der Waals surface area contributed by atoms with Crippen LogP contribution in [0.15, 0.2) is 36.4 Å². The maximum absolute atomic E-state index is 4.81. The number of anilines is 3. The molecule has 0 aliphatic heterocycles. The number of benzene rings is 1. The first-order chi connectivity index (χ1) is 11.8. The van der Waals surface area contributed by atoms with Gasteiger partial charge in [-0.15, -0.1) is 0 Å². The summed E-state index contributed by atoms with van der Waals surface area (Å²) in [6.07, 6.45) is 7.86. The first-order valence-corrected chi connectivity index (χ1v) is 9.21. The zero-order chi connectivity index (χ0) is 16.8. The topological polar surface area (TPSA) is 41.1 Å². The smallest absolute Gasteiger partial charge is 0.232 e. The first kappa shape index (κ1) is 16.7. The van der Waals surface area contributed by atoms with Crippen LogP contribution in [0.2, 0.25) is 0 Å². The van der Waals surface area contributed by atoms with Crippen molar-refractivity contribution in [3.05, 3.63) is 42.1 Å². The van der Waals surface area contributed by atoms with Crippen molar-refractivity contribution in [3.8, 4) is 0 Å². The molecule has 1 fully saturated rings. The molecule has 0 unspecified atom stereocenters. The lowest BCUT2D eigenvalue weighted by atomic mass is 10.1. The third-order valence-corrected chi connectivity index (χ3v) is 4.68. The molecule has 0 atom stereocenters. The van der Waals surface area contributed by atoms with Gasteiger partial charge in [0.1, 0.15) is 5.82 Å². The Bertz CT molecular complexity index is 633. The minimum Gasteiger partial charge on any atom is -0.367 e. The Morgan fingerprint density at radius 3 is 2.42 bits per heavy atom. The Hall–Kier alpha value is -2.10. The lowest BCUT2D eigenvalue weighted by Crippen LogP contribution is -2.22. The first-order valence-electron chi connectivity index (χ1n) is 9.21. The van der Waals surface area contributed by atoms with Gasteiger partial charge in [0.2, 0.25) is 5.95 Å². The quantitative estimate of drug-likeness (QED) is 0.779. The maximum Gasteiger partial charge on any atom is 0.232 e. The third-order valence-electron chi connectivity index (χ3n) is 4.68. The number of hydrogen-bond acceptors (Lipinski definition) is 4. The summed E-state index contributed by atoms with van der Waals surface area (Å²) < 4.78 is 0. The number of nitrogens with one attached hydrogen (secondary N) is 1. The number of para-hydroxylation sites is 1. The zero-order valence-corrected chi connectivity index (χ0v) is 14.8. The van der Waals surface area contributed by atoms with E-state index in [4.69, 9.17) is 4.98 Å². The van der Waals surface area contributed by atoms with Gasteiger partial charge in [-0.2, -0.15) is 4.98 Å². The van der Waals surface area contributed by atoms with E-state index in [2.05, 4.69) is 52.5 Å². The van der Waals surface area contributed by atoms with Crippen molar-refractivity contribution in [2.75, 3.05) is 16.8 Å². The summed E-state index contributed by atoms with van der Waals surface area (Å²) in [5.74, 6) is 1.73. The standard InChI is InChI=1S/C20H28N4/c1-3-24(18-13-9-6-10-14-18)20-21-16(2)15-19(23-20)22-17-11-7-4-5-8-12-17/h6,9-10,13-15,17H,3-5,7-8,11-12H2,1-2H3,(H,21,22,23). The van der Waals surface area contributed by atoms with Gasteiger partial charge in [-0.1, -0.05) is 43.9 Å². The summed E-state index contributed by atoms with van der Waals surface area (Å²) >= 11 is 0. The number of aryl methyl sites for hydroxylation is 1. The van der Waals surface area contributed by atoms with E-state index in [9.17, 15) is 0 Å². The highest BCUT2D eigenvalue weighted by Crippen LogP contribution is 2.25. The van der Waals surface area contributed by atoms with Gasteiger partial charge < -0.3 is 10.2 Å². The van der Waals surface area contributed by atoms with E-state index in [1.165, 1.54) is 38.5 Å². The van der Waals surface area contributed by atoms with Gasteiger partial charge in [0, 0.05) is 30.0 Å². The number of hydrogen-bond donors (Lipinski definition) is 1. The summed E-state index contributed by atoms with van der Waals surface area (Å²) in [5.41, 5.74) is 2.14. The van der Waals surface area contributed by atoms with Crippen molar-refractivity contribution < 1.29 is 0 Å². The van der Waals surface area contributed by atoms with Gasteiger partial charge in [-0.05, 0) is 38.8 Å². The van der Waals surface area contributed by atoms with Crippen LogP contribution in [0, 0.1) is 6.92 Å². The van der Waals surface area contributed by atoms with Crippen LogP contribution in [-0.2, 0) is 0 Å². The predicted octanol–water partition coefficient (Wildman–Crippen LogP) is 5.08. The fourth-order valence-electron chi connectivity index (χ4n) is 3.43. The van der Waals surface area contributed by atoms with Crippen molar-refractivity contribution in [2.45, 2.75) is 58.4 Å². The lowest BCUT2D eigenvalue weighted by molar-refractivity contribution is 0.617. The summed E-state index contributed by atoms with van der Waals surface area (Å²) in [5, 5.41) is 3.65. The van der Waals surface area contributed by atoms with Crippen molar-refractivity contribution in [3.63, 3.8) is 0 Å². The second kappa shape index (κ2) is 8.13. The Labute approximate surface area is 145 Å². The van der Waals surface area contributed by atoms with Gasteiger partial charge in [0.15, 0.2) is 0 Å². The van der Waals surface area contributed by atoms with Crippen LogP contribution in [0.1, 0.15) is 51.1 Å². The van der Waals surface area contributed by atoms with E-state index in [1.807, 2.05) is 13.0 Å². The third kappa shape index (κ3) is 4.25. The summed E-state index contributed by atoms with van der Waals surface area (Å²) in [7, 11) is 0. The fraction of sp³-hybridized carbons (Fsp3) is 0.500. The summed E-state index contributed by atoms with van der Waals surface area (Å²) in [6.45, 7) is 5.02. The van der Waals surface area contributed by atoms with Gasteiger partial charge in [-0.25, -0.2) is 4.98 Å². The molecule has 1 N–H and O–H groups in total. The van der Waals surface area contributed by atoms with Gasteiger partial charge in [0.25, 0.3) is 0 Å². The summed E-state index contributed by atoms with van der Waals surface area (Å²) in [6, 6.07) is 13.0. The second-order valence-corrected chi connectivity index (χ2v) is 6.61. The molecule has 128 valence electrons. The van der Waals surface area contributed by atoms with E-state index in [0.29, 0.717) is 6.04 Å². The molecule has 4 nitrogen and oxygen atoms in total. The highest BCUT2D eigenvalue weighted by molar-refractivity contribution is 5.58. The van der Waals surface area contributed by atoms with Crippen LogP contribution in [0.3, 0.4) is 0 Å². The van der Waals surface area contributed by atoms with E-state index < -0.39 is 0 Å². The minimum absolute atomic E-state index is 0.543. The van der Waals surface area contributed by atoms with Gasteiger partial charge in [-0.3, -0.25) is 0 Å². The molecule has 0 amide bonds. The second-order valence-electron chi connectivity index (χ2n) is 6.61. The molecule has 2 aromatic rings. The van der Waals surface area contributed by atoms with E-state index in [0.717, 1.165) is 29.7 Å². The van der Waals surface area contributed by atoms with Crippen LogP contribution >= 0.6 is 0 Å². The molecular formula is C20H28N4. The summed E-state index contributed by atoms with van der Waals surface area (Å²) in [4.78, 5) is 11.6. The Morgan fingerprint density at radius 2 is 1.75 bits per heavy atom. The molecule has 0 bridgehead atoms. The molecule has 1 aromatic carbocycles. The number of rotatable bonds is 5. The van der Waals surface area contributed by atoms with E-state index >= 15 is 0 Å². The predicted molar refractivity (Wildman–Crippen MR) is 101 cm³/mol. The van der Waals surface area contributed by atoms with Crippen LogP contribution < -0.4 is 10.2 Å². The Balaban J connectivity index is 1.82. The van der Waals surface area contributed by atoms with Crippen molar-refractivity contribution in [2.24, 2.45) is 0 Å². The van der Waals surface area contributed by atoms with Crippen molar-refractivity contribution >= 4 is 17.5 Å². The average Bonchev–Trinajstić information content (AvgIpc) is 2.85. The molecule has 0 spiro atoms.